The van der Waals surface area contributed by atoms with Gasteiger partial charge < -0.3 is 9.52 Å². The van der Waals surface area contributed by atoms with Crippen LogP contribution in [0.1, 0.15) is 34.1 Å². The molecule has 2 heteroatoms. The van der Waals surface area contributed by atoms with E-state index in [1.165, 1.54) is 5.56 Å². The third kappa shape index (κ3) is 1.89. The Balaban J connectivity index is 2.41. The minimum absolute atomic E-state index is 0.598. The first-order chi connectivity index (χ1) is 7.59. The van der Waals surface area contributed by atoms with Gasteiger partial charge in [-0.15, -0.1) is 0 Å². The fourth-order valence-corrected chi connectivity index (χ4v) is 1.98. The van der Waals surface area contributed by atoms with Crippen molar-refractivity contribution < 1.29 is 9.52 Å². The Labute approximate surface area is 95.5 Å². The maximum atomic E-state index is 10.3. The summed E-state index contributed by atoms with van der Waals surface area (Å²) in [4.78, 5) is 0. The van der Waals surface area contributed by atoms with E-state index in [9.17, 15) is 5.11 Å². The summed E-state index contributed by atoms with van der Waals surface area (Å²) in [5.41, 5.74) is 4.09. The number of rotatable bonds is 2. The molecule has 0 spiro atoms. The van der Waals surface area contributed by atoms with Crippen molar-refractivity contribution >= 4 is 0 Å². The molecule has 0 aliphatic rings. The highest BCUT2D eigenvalue weighted by atomic mass is 16.3. The highest BCUT2D eigenvalue weighted by molar-refractivity contribution is 5.37. The lowest BCUT2D eigenvalue weighted by molar-refractivity contribution is 0.217. The van der Waals surface area contributed by atoms with Gasteiger partial charge in [0.2, 0.25) is 0 Å². The zero-order valence-electron chi connectivity index (χ0n) is 9.82. The molecule has 0 aliphatic carbocycles. The maximum absolute atomic E-state index is 10.3. The van der Waals surface area contributed by atoms with Crippen molar-refractivity contribution in [3.05, 3.63) is 58.5 Å². The monoisotopic (exact) mass is 216 g/mol. The number of hydrogen-bond donors (Lipinski definition) is 1. The lowest BCUT2D eigenvalue weighted by Gasteiger charge is -2.13. The van der Waals surface area contributed by atoms with Crippen LogP contribution in [0.4, 0.5) is 0 Å². The van der Waals surface area contributed by atoms with E-state index < -0.39 is 6.10 Å². The molecule has 0 radical (unpaired) electrons. The molecule has 1 aromatic heterocycles. The van der Waals surface area contributed by atoms with Gasteiger partial charge in [0.1, 0.15) is 11.9 Å². The van der Waals surface area contributed by atoms with E-state index >= 15 is 0 Å². The predicted octanol–water partition coefficient (Wildman–Crippen LogP) is 3.29. The van der Waals surface area contributed by atoms with Gasteiger partial charge in [0.15, 0.2) is 0 Å². The molecule has 0 saturated heterocycles. The van der Waals surface area contributed by atoms with Crippen molar-refractivity contribution in [2.75, 3.05) is 0 Å². The van der Waals surface area contributed by atoms with Crippen LogP contribution >= 0.6 is 0 Å². The van der Waals surface area contributed by atoms with Crippen LogP contribution in [0.25, 0.3) is 0 Å². The Bertz CT molecular complexity index is 497. The number of aliphatic hydroxyl groups is 1. The predicted molar refractivity (Wildman–Crippen MR) is 63.4 cm³/mol. The van der Waals surface area contributed by atoms with Gasteiger partial charge in [0, 0.05) is 5.56 Å². The Kier molecular flexibility index (Phi) is 2.84. The number of hydrogen-bond acceptors (Lipinski definition) is 2. The van der Waals surface area contributed by atoms with Gasteiger partial charge in [-0.1, -0.05) is 23.8 Å². The fraction of sp³-hybridized carbons (Fsp3) is 0.286. The van der Waals surface area contributed by atoms with Gasteiger partial charge in [-0.2, -0.15) is 0 Å². The Morgan fingerprint density at radius 1 is 1.06 bits per heavy atom. The van der Waals surface area contributed by atoms with Crippen molar-refractivity contribution in [1.29, 1.82) is 0 Å². The second-order valence-corrected chi connectivity index (χ2v) is 4.19. The molecule has 1 N–H and O–H groups in total. The second-order valence-electron chi connectivity index (χ2n) is 4.19. The SMILES string of the molecule is Cc1ccc(C(O)c2ccoc2C)c(C)c1. The number of aliphatic hydroxyl groups excluding tert-OH is 1. The quantitative estimate of drug-likeness (QED) is 0.835. The molecule has 0 fully saturated rings. The van der Waals surface area contributed by atoms with E-state index in [4.69, 9.17) is 4.42 Å². The number of benzene rings is 1. The third-order valence-electron chi connectivity index (χ3n) is 2.91. The van der Waals surface area contributed by atoms with E-state index in [-0.39, 0.29) is 0 Å². The average molecular weight is 216 g/mol. The average Bonchev–Trinajstić information content (AvgIpc) is 2.63. The van der Waals surface area contributed by atoms with Gasteiger partial charge in [-0.3, -0.25) is 0 Å². The molecule has 1 aromatic carbocycles. The molecule has 0 aliphatic heterocycles. The van der Waals surface area contributed by atoms with Crippen LogP contribution in [0, 0.1) is 20.8 Å². The standard InChI is InChI=1S/C14H16O2/c1-9-4-5-12(10(2)8-9)14(15)13-6-7-16-11(13)3/h4-8,14-15H,1-3H3. The topological polar surface area (TPSA) is 33.4 Å². The van der Waals surface area contributed by atoms with Crippen molar-refractivity contribution in [3.63, 3.8) is 0 Å². The molecule has 0 saturated carbocycles. The first-order valence-corrected chi connectivity index (χ1v) is 5.39. The van der Waals surface area contributed by atoms with Crippen molar-refractivity contribution in [3.8, 4) is 0 Å². The minimum atomic E-state index is -0.598. The molecule has 2 rings (SSSR count). The molecule has 0 bridgehead atoms. The molecule has 2 aromatic rings. The first-order valence-electron chi connectivity index (χ1n) is 5.39. The van der Waals surface area contributed by atoms with E-state index in [2.05, 4.69) is 6.07 Å². The summed E-state index contributed by atoms with van der Waals surface area (Å²) in [6.07, 6.45) is 1.01. The summed E-state index contributed by atoms with van der Waals surface area (Å²) in [7, 11) is 0. The minimum Gasteiger partial charge on any atom is -0.469 e. The molecule has 1 heterocycles. The summed E-state index contributed by atoms with van der Waals surface area (Å²) < 4.78 is 5.21. The molecule has 1 atom stereocenters. The van der Waals surface area contributed by atoms with E-state index in [0.29, 0.717) is 0 Å². The van der Waals surface area contributed by atoms with E-state index in [1.807, 2.05) is 39.0 Å². The fourth-order valence-electron chi connectivity index (χ4n) is 1.98. The molecular formula is C14H16O2. The first kappa shape index (κ1) is 11.0. The lowest BCUT2D eigenvalue weighted by Crippen LogP contribution is -2.02. The molecule has 84 valence electrons. The van der Waals surface area contributed by atoms with Gasteiger partial charge in [-0.05, 0) is 38.0 Å². The Hall–Kier alpha value is -1.54. The molecule has 1 unspecified atom stereocenters. The summed E-state index contributed by atoms with van der Waals surface area (Å²) >= 11 is 0. The molecular weight excluding hydrogens is 200 g/mol. The smallest absolute Gasteiger partial charge is 0.108 e. The summed E-state index contributed by atoms with van der Waals surface area (Å²) in [5.74, 6) is 0.771. The second kappa shape index (κ2) is 4.14. The molecule has 16 heavy (non-hydrogen) atoms. The summed E-state index contributed by atoms with van der Waals surface area (Å²) in [5, 5.41) is 10.3. The lowest BCUT2D eigenvalue weighted by atomic mass is 9.96. The van der Waals surface area contributed by atoms with Gasteiger partial charge in [0.25, 0.3) is 0 Å². The number of furan rings is 1. The highest BCUT2D eigenvalue weighted by Crippen LogP contribution is 2.27. The Morgan fingerprint density at radius 2 is 1.81 bits per heavy atom. The number of aryl methyl sites for hydroxylation is 3. The highest BCUT2D eigenvalue weighted by Gasteiger charge is 2.16. The maximum Gasteiger partial charge on any atom is 0.108 e. The van der Waals surface area contributed by atoms with Crippen molar-refractivity contribution in [2.24, 2.45) is 0 Å². The van der Waals surface area contributed by atoms with Crippen LogP contribution in [-0.2, 0) is 0 Å². The van der Waals surface area contributed by atoms with Crippen molar-refractivity contribution in [2.45, 2.75) is 26.9 Å². The molecule has 2 nitrogen and oxygen atoms in total. The van der Waals surface area contributed by atoms with E-state index in [0.717, 1.165) is 22.5 Å². The zero-order chi connectivity index (χ0) is 11.7. The summed E-state index contributed by atoms with van der Waals surface area (Å²) in [6.45, 7) is 5.93. The normalized spacial score (nSPS) is 12.8. The van der Waals surface area contributed by atoms with Crippen LogP contribution in [0.5, 0.6) is 0 Å². The van der Waals surface area contributed by atoms with Crippen LogP contribution < -0.4 is 0 Å². The largest absolute Gasteiger partial charge is 0.469 e. The van der Waals surface area contributed by atoms with Crippen molar-refractivity contribution in [1.82, 2.24) is 0 Å². The van der Waals surface area contributed by atoms with Crippen LogP contribution in [0.15, 0.2) is 34.9 Å². The summed E-state index contributed by atoms with van der Waals surface area (Å²) in [6, 6.07) is 7.88. The van der Waals surface area contributed by atoms with Gasteiger partial charge in [-0.25, -0.2) is 0 Å². The van der Waals surface area contributed by atoms with E-state index in [1.54, 1.807) is 6.26 Å². The van der Waals surface area contributed by atoms with Gasteiger partial charge >= 0.3 is 0 Å². The molecule has 0 amide bonds. The van der Waals surface area contributed by atoms with Crippen LogP contribution in [0.2, 0.25) is 0 Å². The van der Waals surface area contributed by atoms with Crippen LogP contribution in [0.3, 0.4) is 0 Å². The zero-order valence-corrected chi connectivity index (χ0v) is 9.82. The van der Waals surface area contributed by atoms with Gasteiger partial charge in [0.05, 0.1) is 6.26 Å². The van der Waals surface area contributed by atoms with Crippen LogP contribution in [-0.4, -0.2) is 5.11 Å². The Morgan fingerprint density at radius 3 is 2.38 bits per heavy atom. The third-order valence-corrected chi connectivity index (χ3v) is 2.91.